The number of hydrogen-bond donors (Lipinski definition) is 2. The summed E-state index contributed by atoms with van der Waals surface area (Å²) in [5.41, 5.74) is 5.40. The number of nitrogens with two attached hydrogens (primary N) is 1. The number of carbonyl (C=O) groups excluding carboxylic acids is 1. The molecule has 2 saturated heterocycles. The van der Waals surface area contributed by atoms with Crippen LogP contribution in [-0.2, 0) is 9.53 Å². The van der Waals surface area contributed by atoms with E-state index < -0.39 is 5.41 Å². The molecule has 2 aliphatic heterocycles. The zero-order valence-electron chi connectivity index (χ0n) is 11.1. The van der Waals surface area contributed by atoms with Gasteiger partial charge in [0.1, 0.15) is 0 Å². The number of nitrogens with zero attached hydrogens (tertiary/aromatic N) is 1. The highest BCUT2D eigenvalue weighted by atomic mass is 16.5. The standard InChI is InChI=1S/C13H24N2O3/c1-10-2-5-15(11(10)8-16)12(17)13(9-14)3-6-18-7-4-13/h10-11,16H,2-9,14H2,1H3. The second-order valence-electron chi connectivity index (χ2n) is 5.61. The Morgan fingerprint density at radius 3 is 2.72 bits per heavy atom. The van der Waals surface area contributed by atoms with E-state index in [-0.39, 0.29) is 18.6 Å². The van der Waals surface area contributed by atoms with Crippen molar-refractivity contribution < 1.29 is 14.6 Å². The molecule has 5 nitrogen and oxygen atoms in total. The van der Waals surface area contributed by atoms with Crippen molar-refractivity contribution in [2.24, 2.45) is 17.1 Å². The van der Waals surface area contributed by atoms with Crippen molar-refractivity contribution in [3.8, 4) is 0 Å². The fourth-order valence-electron chi connectivity index (χ4n) is 3.11. The topological polar surface area (TPSA) is 75.8 Å². The third-order valence-corrected chi connectivity index (χ3v) is 4.62. The Morgan fingerprint density at radius 2 is 2.17 bits per heavy atom. The molecule has 0 bridgehead atoms. The van der Waals surface area contributed by atoms with E-state index in [1.165, 1.54) is 0 Å². The molecule has 5 heteroatoms. The van der Waals surface area contributed by atoms with Crippen LogP contribution >= 0.6 is 0 Å². The number of ether oxygens (including phenoxy) is 1. The Labute approximate surface area is 108 Å². The second kappa shape index (κ2) is 5.55. The minimum Gasteiger partial charge on any atom is -0.394 e. The van der Waals surface area contributed by atoms with Crippen molar-refractivity contribution >= 4 is 5.91 Å². The average molecular weight is 256 g/mol. The Hall–Kier alpha value is -0.650. The third kappa shape index (κ3) is 2.27. The number of rotatable bonds is 3. The molecule has 0 aliphatic carbocycles. The molecule has 2 rings (SSSR count). The summed E-state index contributed by atoms with van der Waals surface area (Å²) in [6.45, 7) is 4.47. The lowest BCUT2D eigenvalue weighted by Crippen LogP contribution is -2.53. The zero-order chi connectivity index (χ0) is 13.2. The van der Waals surface area contributed by atoms with Gasteiger partial charge in [-0.1, -0.05) is 6.92 Å². The normalized spacial score (nSPS) is 31.6. The third-order valence-electron chi connectivity index (χ3n) is 4.62. The van der Waals surface area contributed by atoms with E-state index in [1.807, 2.05) is 4.90 Å². The summed E-state index contributed by atoms with van der Waals surface area (Å²) in [5.74, 6) is 0.491. The first kappa shape index (κ1) is 13.8. The summed E-state index contributed by atoms with van der Waals surface area (Å²) in [6, 6.07) is -0.0382. The summed E-state index contributed by atoms with van der Waals surface area (Å²) in [6.07, 6.45) is 2.37. The maximum atomic E-state index is 12.7. The minimum atomic E-state index is -0.463. The van der Waals surface area contributed by atoms with Crippen LogP contribution in [0, 0.1) is 11.3 Å². The highest BCUT2D eigenvalue weighted by Crippen LogP contribution is 2.35. The predicted molar refractivity (Wildman–Crippen MR) is 67.9 cm³/mol. The van der Waals surface area contributed by atoms with E-state index in [4.69, 9.17) is 10.5 Å². The number of aliphatic hydroxyl groups is 1. The number of carbonyl (C=O) groups is 1. The van der Waals surface area contributed by atoms with Gasteiger partial charge >= 0.3 is 0 Å². The lowest BCUT2D eigenvalue weighted by molar-refractivity contribution is -0.149. The highest BCUT2D eigenvalue weighted by Gasteiger charge is 2.45. The van der Waals surface area contributed by atoms with E-state index in [2.05, 4.69) is 6.92 Å². The van der Waals surface area contributed by atoms with Crippen molar-refractivity contribution in [2.45, 2.75) is 32.2 Å². The van der Waals surface area contributed by atoms with Crippen LogP contribution in [-0.4, -0.2) is 54.9 Å². The monoisotopic (exact) mass is 256 g/mol. The van der Waals surface area contributed by atoms with Crippen LogP contribution < -0.4 is 5.73 Å². The molecule has 2 heterocycles. The molecular formula is C13H24N2O3. The van der Waals surface area contributed by atoms with Gasteiger partial charge in [0.05, 0.1) is 18.1 Å². The Balaban J connectivity index is 2.13. The maximum absolute atomic E-state index is 12.7. The fraction of sp³-hybridized carbons (Fsp3) is 0.923. The molecule has 0 spiro atoms. The van der Waals surface area contributed by atoms with Crippen LogP contribution in [0.1, 0.15) is 26.2 Å². The van der Waals surface area contributed by atoms with Gasteiger partial charge in [0.2, 0.25) is 5.91 Å². The van der Waals surface area contributed by atoms with Crippen LogP contribution in [0.5, 0.6) is 0 Å². The van der Waals surface area contributed by atoms with Gasteiger partial charge < -0.3 is 20.5 Å². The molecule has 2 aliphatic rings. The molecule has 0 aromatic carbocycles. The highest BCUT2D eigenvalue weighted by molar-refractivity contribution is 5.83. The summed E-state index contributed by atoms with van der Waals surface area (Å²) in [7, 11) is 0. The Kier molecular flexibility index (Phi) is 4.25. The Morgan fingerprint density at radius 1 is 1.50 bits per heavy atom. The molecule has 0 radical (unpaired) electrons. The summed E-state index contributed by atoms with van der Waals surface area (Å²) >= 11 is 0. The van der Waals surface area contributed by atoms with Crippen molar-refractivity contribution in [1.82, 2.24) is 4.90 Å². The number of likely N-dealkylation sites (tertiary alicyclic amines) is 1. The predicted octanol–water partition coefficient (Wildman–Crippen LogP) is -0.0288. The van der Waals surface area contributed by atoms with Crippen molar-refractivity contribution in [2.75, 3.05) is 32.9 Å². The van der Waals surface area contributed by atoms with E-state index in [0.717, 1.165) is 13.0 Å². The molecule has 18 heavy (non-hydrogen) atoms. The van der Waals surface area contributed by atoms with E-state index in [0.29, 0.717) is 38.5 Å². The second-order valence-corrected chi connectivity index (χ2v) is 5.61. The molecule has 0 aromatic heterocycles. The van der Waals surface area contributed by atoms with Gasteiger partial charge in [-0.25, -0.2) is 0 Å². The maximum Gasteiger partial charge on any atom is 0.230 e. The van der Waals surface area contributed by atoms with E-state index in [1.54, 1.807) is 0 Å². The SMILES string of the molecule is CC1CCN(C(=O)C2(CN)CCOCC2)C1CO. The molecule has 0 saturated carbocycles. The first-order valence-electron chi connectivity index (χ1n) is 6.84. The van der Waals surface area contributed by atoms with Gasteiger partial charge in [0, 0.05) is 26.3 Å². The van der Waals surface area contributed by atoms with Crippen LogP contribution in [0.2, 0.25) is 0 Å². The largest absolute Gasteiger partial charge is 0.394 e. The molecule has 0 aromatic rings. The number of hydrogen-bond acceptors (Lipinski definition) is 4. The van der Waals surface area contributed by atoms with Gasteiger partial charge in [0.15, 0.2) is 0 Å². The van der Waals surface area contributed by atoms with Gasteiger partial charge in [-0.05, 0) is 25.2 Å². The summed E-state index contributed by atoms with van der Waals surface area (Å²) in [4.78, 5) is 14.6. The van der Waals surface area contributed by atoms with Crippen molar-refractivity contribution in [3.05, 3.63) is 0 Å². The molecule has 2 unspecified atom stereocenters. The van der Waals surface area contributed by atoms with Crippen molar-refractivity contribution in [3.63, 3.8) is 0 Å². The molecule has 3 N–H and O–H groups in total. The number of aliphatic hydroxyl groups excluding tert-OH is 1. The van der Waals surface area contributed by atoms with Crippen LogP contribution in [0.15, 0.2) is 0 Å². The quantitative estimate of drug-likeness (QED) is 0.743. The smallest absolute Gasteiger partial charge is 0.230 e. The number of amides is 1. The minimum absolute atomic E-state index is 0.0382. The molecule has 2 atom stereocenters. The molecule has 104 valence electrons. The van der Waals surface area contributed by atoms with Gasteiger partial charge in [-0.3, -0.25) is 4.79 Å². The van der Waals surface area contributed by atoms with Crippen molar-refractivity contribution in [1.29, 1.82) is 0 Å². The molecular weight excluding hydrogens is 232 g/mol. The molecule has 1 amide bonds. The van der Waals surface area contributed by atoms with Gasteiger partial charge in [0.25, 0.3) is 0 Å². The lowest BCUT2D eigenvalue weighted by Gasteiger charge is -2.39. The van der Waals surface area contributed by atoms with Gasteiger partial charge in [-0.15, -0.1) is 0 Å². The van der Waals surface area contributed by atoms with Crippen LogP contribution in [0.25, 0.3) is 0 Å². The fourth-order valence-corrected chi connectivity index (χ4v) is 3.11. The first-order valence-corrected chi connectivity index (χ1v) is 6.84. The van der Waals surface area contributed by atoms with Gasteiger partial charge in [-0.2, -0.15) is 0 Å². The van der Waals surface area contributed by atoms with Crippen LogP contribution in [0.3, 0.4) is 0 Å². The summed E-state index contributed by atoms with van der Waals surface area (Å²) < 4.78 is 5.34. The average Bonchev–Trinajstić information content (AvgIpc) is 2.79. The van der Waals surface area contributed by atoms with Crippen LogP contribution in [0.4, 0.5) is 0 Å². The Bertz CT molecular complexity index is 303. The lowest BCUT2D eigenvalue weighted by atomic mass is 9.78. The first-order chi connectivity index (χ1) is 8.64. The van der Waals surface area contributed by atoms with E-state index >= 15 is 0 Å². The molecule has 2 fully saturated rings. The zero-order valence-corrected chi connectivity index (χ0v) is 11.1. The summed E-state index contributed by atoms with van der Waals surface area (Å²) in [5, 5.41) is 9.46. The van der Waals surface area contributed by atoms with E-state index in [9.17, 15) is 9.90 Å².